The van der Waals surface area contributed by atoms with Crippen LogP contribution in [0.4, 0.5) is 0 Å². The molecule has 1 saturated heterocycles. The summed E-state index contributed by atoms with van der Waals surface area (Å²) >= 11 is 0. The maximum Gasteiger partial charge on any atom is 0.223 e. The third-order valence-corrected chi connectivity index (χ3v) is 7.24. The van der Waals surface area contributed by atoms with E-state index in [9.17, 15) is 18.0 Å². The molecule has 7 heteroatoms. The number of amides is 2. The fraction of sp³-hybridized carbons (Fsp3) is 0.889. The van der Waals surface area contributed by atoms with Crippen LogP contribution in [-0.2, 0) is 19.4 Å². The minimum atomic E-state index is -2.92. The SMILES string of the molecule is CCCC(=O)NCC1CCC(CNC(=O)C2CCS(=O)(=O)CC2)CC1. The van der Waals surface area contributed by atoms with Crippen molar-refractivity contribution in [1.82, 2.24) is 10.6 Å². The molecule has 2 rings (SSSR count). The standard InChI is InChI=1S/C18H32N2O4S/c1-2-3-17(21)19-12-14-4-6-15(7-5-14)13-20-18(22)16-8-10-25(23,24)11-9-16/h14-16H,2-13H2,1H3,(H,19,21)(H,20,22). The maximum atomic E-state index is 12.2. The third kappa shape index (κ3) is 6.96. The van der Waals surface area contributed by atoms with E-state index in [1.54, 1.807) is 0 Å². The first-order valence-electron chi connectivity index (χ1n) is 9.64. The van der Waals surface area contributed by atoms with Gasteiger partial charge in [-0.1, -0.05) is 6.92 Å². The zero-order valence-corrected chi connectivity index (χ0v) is 16.1. The van der Waals surface area contributed by atoms with E-state index in [0.717, 1.165) is 38.6 Å². The van der Waals surface area contributed by atoms with Crippen molar-refractivity contribution in [3.63, 3.8) is 0 Å². The molecule has 0 spiro atoms. The molecule has 1 saturated carbocycles. The van der Waals surface area contributed by atoms with Crippen molar-refractivity contribution in [2.24, 2.45) is 17.8 Å². The number of hydrogen-bond donors (Lipinski definition) is 2. The highest BCUT2D eigenvalue weighted by Gasteiger charge is 2.29. The topological polar surface area (TPSA) is 92.3 Å². The first-order chi connectivity index (χ1) is 11.9. The van der Waals surface area contributed by atoms with Crippen LogP contribution in [0.1, 0.15) is 58.3 Å². The summed E-state index contributed by atoms with van der Waals surface area (Å²) in [6.07, 6.45) is 6.73. The fourth-order valence-electron chi connectivity index (χ4n) is 3.75. The average Bonchev–Trinajstić information content (AvgIpc) is 2.59. The smallest absolute Gasteiger partial charge is 0.223 e. The minimum absolute atomic E-state index is 0.0175. The molecule has 2 aliphatic rings. The van der Waals surface area contributed by atoms with Gasteiger partial charge in [-0.3, -0.25) is 9.59 Å². The number of hydrogen-bond acceptors (Lipinski definition) is 4. The molecule has 2 N–H and O–H groups in total. The number of nitrogens with one attached hydrogen (secondary N) is 2. The van der Waals surface area contributed by atoms with E-state index in [1.165, 1.54) is 0 Å². The lowest BCUT2D eigenvalue weighted by molar-refractivity contribution is -0.125. The van der Waals surface area contributed by atoms with Gasteiger partial charge in [0, 0.05) is 25.4 Å². The first-order valence-corrected chi connectivity index (χ1v) is 11.5. The van der Waals surface area contributed by atoms with Crippen LogP contribution in [0.2, 0.25) is 0 Å². The van der Waals surface area contributed by atoms with Crippen LogP contribution < -0.4 is 10.6 Å². The van der Waals surface area contributed by atoms with Gasteiger partial charge in [-0.05, 0) is 56.8 Å². The summed E-state index contributed by atoms with van der Waals surface area (Å²) in [6, 6.07) is 0. The van der Waals surface area contributed by atoms with Gasteiger partial charge in [0.15, 0.2) is 0 Å². The molecule has 0 radical (unpaired) electrons. The molecule has 0 aromatic carbocycles. The molecule has 0 aromatic rings. The van der Waals surface area contributed by atoms with E-state index < -0.39 is 9.84 Å². The summed E-state index contributed by atoms with van der Waals surface area (Å²) in [4.78, 5) is 23.7. The van der Waals surface area contributed by atoms with Crippen LogP contribution in [0.25, 0.3) is 0 Å². The molecule has 2 amide bonds. The second-order valence-electron chi connectivity index (χ2n) is 7.61. The zero-order chi connectivity index (χ0) is 18.3. The number of sulfone groups is 1. The van der Waals surface area contributed by atoms with E-state index in [4.69, 9.17) is 0 Å². The van der Waals surface area contributed by atoms with E-state index in [0.29, 0.717) is 37.6 Å². The van der Waals surface area contributed by atoms with Gasteiger partial charge in [0.2, 0.25) is 11.8 Å². The molecule has 144 valence electrons. The van der Waals surface area contributed by atoms with Crippen LogP contribution in [0, 0.1) is 17.8 Å². The quantitative estimate of drug-likeness (QED) is 0.711. The Kier molecular flexibility index (Phi) is 7.72. The Morgan fingerprint density at radius 2 is 1.40 bits per heavy atom. The van der Waals surface area contributed by atoms with Crippen LogP contribution >= 0.6 is 0 Å². The molecule has 0 aromatic heterocycles. The van der Waals surface area contributed by atoms with E-state index in [1.807, 2.05) is 6.92 Å². The molecule has 6 nitrogen and oxygen atoms in total. The largest absolute Gasteiger partial charge is 0.356 e. The third-order valence-electron chi connectivity index (χ3n) is 5.52. The van der Waals surface area contributed by atoms with Gasteiger partial charge >= 0.3 is 0 Å². The van der Waals surface area contributed by atoms with E-state index in [2.05, 4.69) is 10.6 Å². The maximum absolute atomic E-state index is 12.2. The molecule has 0 atom stereocenters. The summed E-state index contributed by atoms with van der Waals surface area (Å²) in [5, 5.41) is 6.04. The van der Waals surface area contributed by atoms with Crippen molar-refractivity contribution in [3.8, 4) is 0 Å². The molecule has 1 aliphatic heterocycles. The van der Waals surface area contributed by atoms with Gasteiger partial charge in [-0.25, -0.2) is 8.42 Å². The van der Waals surface area contributed by atoms with Gasteiger partial charge in [0.05, 0.1) is 11.5 Å². The Morgan fingerprint density at radius 1 is 0.880 bits per heavy atom. The highest BCUT2D eigenvalue weighted by Crippen LogP contribution is 2.28. The van der Waals surface area contributed by atoms with Crippen molar-refractivity contribution < 1.29 is 18.0 Å². The van der Waals surface area contributed by atoms with E-state index in [-0.39, 0.29) is 29.2 Å². The van der Waals surface area contributed by atoms with Crippen molar-refractivity contribution in [1.29, 1.82) is 0 Å². The second kappa shape index (κ2) is 9.55. The summed E-state index contributed by atoms with van der Waals surface area (Å²) in [5.74, 6) is 1.35. The Balaban J connectivity index is 1.60. The lowest BCUT2D eigenvalue weighted by atomic mass is 9.82. The van der Waals surface area contributed by atoms with Gasteiger partial charge in [-0.2, -0.15) is 0 Å². The van der Waals surface area contributed by atoms with Crippen molar-refractivity contribution in [3.05, 3.63) is 0 Å². The second-order valence-corrected chi connectivity index (χ2v) is 9.92. The van der Waals surface area contributed by atoms with Gasteiger partial charge in [-0.15, -0.1) is 0 Å². The number of rotatable bonds is 7. The van der Waals surface area contributed by atoms with Gasteiger partial charge in [0.25, 0.3) is 0 Å². The fourth-order valence-corrected chi connectivity index (χ4v) is 5.25. The van der Waals surface area contributed by atoms with Crippen LogP contribution in [0.5, 0.6) is 0 Å². The Bertz CT molecular complexity index is 539. The molecular formula is C18H32N2O4S. The van der Waals surface area contributed by atoms with Crippen molar-refractivity contribution in [2.45, 2.75) is 58.3 Å². The summed E-state index contributed by atoms with van der Waals surface area (Å²) in [5.41, 5.74) is 0. The molecular weight excluding hydrogens is 340 g/mol. The number of carbonyl (C=O) groups excluding carboxylic acids is 2. The average molecular weight is 373 g/mol. The summed E-state index contributed by atoms with van der Waals surface area (Å²) in [6.45, 7) is 3.47. The Labute approximate surface area is 151 Å². The predicted octanol–water partition coefficient (Wildman–Crippen LogP) is 1.65. The molecule has 2 fully saturated rings. The van der Waals surface area contributed by atoms with Crippen LogP contribution in [0.15, 0.2) is 0 Å². The first kappa shape index (κ1) is 20.2. The number of carbonyl (C=O) groups is 2. The predicted molar refractivity (Wildman–Crippen MR) is 97.8 cm³/mol. The van der Waals surface area contributed by atoms with Crippen molar-refractivity contribution >= 4 is 21.7 Å². The monoisotopic (exact) mass is 372 g/mol. The highest BCUT2D eigenvalue weighted by molar-refractivity contribution is 7.91. The molecule has 1 heterocycles. The summed E-state index contributed by atoms with van der Waals surface area (Å²) < 4.78 is 22.9. The molecule has 1 aliphatic carbocycles. The molecule has 0 unspecified atom stereocenters. The van der Waals surface area contributed by atoms with Crippen molar-refractivity contribution in [2.75, 3.05) is 24.6 Å². The zero-order valence-electron chi connectivity index (χ0n) is 15.3. The summed E-state index contributed by atoms with van der Waals surface area (Å²) in [7, 11) is -2.92. The minimum Gasteiger partial charge on any atom is -0.356 e. The molecule has 25 heavy (non-hydrogen) atoms. The lowest BCUT2D eigenvalue weighted by Gasteiger charge is -2.29. The highest BCUT2D eigenvalue weighted by atomic mass is 32.2. The van der Waals surface area contributed by atoms with Gasteiger partial charge < -0.3 is 10.6 Å². The van der Waals surface area contributed by atoms with Gasteiger partial charge in [0.1, 0.15) is 9.84 Å². The van der Waals surface area contributed by atoms with Crippen LogP contribution in [0.3, 0.4) is 0 Å². The normalized spacial score (nSPS) is 26.8. The van der Waals surface area contributed by atoms with Crippen LogP contribution in [-0.4, -0.2) is 44.8 Å². The van der Waals surface area contributed by atoms with E-state index >= 15 is 0 Å². The molecule has 0 bridgehead atoms. The Hall–Kier alpha value is -1.11. The lowest BCUT2D eigenvalue weighted by Crippen LogP contribution is -2.39. The Morgan fingerprint density at radius 3 is 1.92 bits per heavy atom.